The molecular formula is C24H20F2N6O. The summed E-state index contributed by atoms with van der Waals surface area (Å²) in [6.07, 6.45) is 5.02. The number of aromatic nitrogens is 3. The molecule has 0 atom stereocenters. The Hall–Kier alpha value is -4.03. The number of nitriles is 1. The van der Waals surface area contributed by atoms with Crippen molar-refractivity contribution in [1.29, 1.82) is 5.26 Å². The van der Waals surface area contributed by atoms with E-state index in [-0.39, 0.29) is 11.6 Å². The molecule has 2 aromatic heterocycles. The van der Waals surface area contributed by atoms with E-state index in [9.17, 15) is 13.9 Å². The Kier molecular flexibility index (Phi) is 5.15. The zero-order chi connectivity index (χ0) is 23.1. The van der Waals surface area contributed by atoms with E-state index in [2.05, 4.69) is 9.88 Å². The number of nitrogens with two attached hydrogens (primary N) is 1. The number of anilines is 1. The van der Waals surface area contributed by atoms with Gasteiger partial charge >= 0.3 is 0 Å². The van der Waals surface area contributed by atoms with Gasteiger partial charge in [-0.2, -0.15) is 5.26 Å². The first-order valence-electron chi connectivity index (χ1n) is 10.5. The number of phenolic OH excluding ortho intramolecular Hbond substituents is 1. The van der Waals surface area contributed by atoms with E-state index < -0.39 is 17.4 Å². The Balaban J connectivity index is 1.79. The van der Waals surface area contributed by atoms with Crippen LogP contribution in [0.2, 0.25) is 0 Å². The fraction of sp³-hybridized carbons (Fsp3) is 0.208. The molecule has 1 aliphatic heterocycles. The van der Waals surface area contributed by atoms with Crippen molar-refractivity contribution in [3.8, 4) is 34.2 Å². The number of halogens is 2. The predicted molar refractivity (Wildman–Crippen MR) is 120 cm³/mol. The second-order valence-electron chi connectivity index (χ2n) is 8.05. The summed E-state index contributed by atoms with van der Waals surface area (Å²) in [6, 6.07) is 10.2. The van der Waals surface area contributed by atoms with Crippen LogP contribution >= 0.6 is 0 Å². The Morgan fingerprint density at radius 2 is 1.79 bits per heavy atom. The number of aromatic hydroxyl groups is 1. The second kappa shape index (κ2) is 8.15. The van der Waals surface area contributed by atoms with Crippen LogP contribution in [-0.2, 0) is 0 Å². The first-order chi connectivity index (χ1) is 16.0. The normalized spacial score (nSPS) is 14.5. The van der Waals surface area contributed by atoms with E-state index in [1.54, 1.807) is 24.5 Å². The molecule has 2 aromatic carbocycles. The summed E-state index contributed by atoms with van der Waals surface area (Å²) in [6.45, 7) is 1.41. The molecule has 0 spiro atoms. The molecule has 166 valence electrons. The van der Waals surface area contributed by atoms with Gasteiger partial charge in [-0.15, -0.1) is 0 Å². The maximum absolute atomic E-state index is 14.6. The number of rotatable bonds is 3. The van der Waals surface area contributed by atoms with Crippen LogP contribution in [-0.4, -0.2) is 38.6 Å². The Bertz CT molecular complexity index is 1400. The quantitative estimate of drug-likeness (QED) is 0.496. The molecule has 9 heteroatoms. The summed E-state index contributed by atoms with van der Waals surface area (Å²) in [4.78, 5) is 11.5. The summed E-state index contributed by atoms with van der Waals surface area (Å²) < 4.78 is 30.7. The van der Waals surface area contributed by atoms with Gasteiger partial charge in [-0.05, 0) is 42.7 Å². The van der Waals surface area contributed by atoms with Gasteiger partial charge in [0.15, 0.2) is 11.6 Å². The van der Waals surface area contributed by atoms with Crippen LogP contribution in [0.15, 0.2) is 48.8 Å². The van der Waals surface area contributed by atoms with Gasteiger partial charge < -0.3 is 15.7 Å². The number of hydrogen-bond acceptors (Lipinski definition) is 6. The zero-order valence-electron chi connectivity index (χ0n) is 17.5. The minimum Gasteiger partial charge on any atom is -0.505 e. The molecule has 1 saturated heterocycles. The molecule has 3 N–H and O–H groups in total. The Morgan fingerprint density at radius 1 is 1.06 bits per heavy atom. The molecular weight excluding hydrogens is 426 g/mol. The van der Waals surface area contributed by atoms with Gasteiger partial charge in [-0.25, -0.2) is 18.7 Å². The van der Waals surface area contributed by atoms with Gasteiger partial charge in [0, 0.05) is 37.1 Å². The summed E-state index contributed by atoms with van der Waals surface area (Å²) in [5, 5.41) is 18.8. The third kappa shape index (κ3) is 3.64. The van der Waals surface area contributed by atoms with Crippen LogP contribution in [0.1, 0.15) is 18.4 Å². The van der Waals surface area contributed by atoms with E-state index in [4.69, 9.17) is 16.0 Å². The van der Waals surface area contributed by atoms with Crippen LogP contribution in [0.4, 0.5) is 14.7 Å². The number of nitrogens with zero attached hydrogens (tertiary/aromatic N) is 5. The minimum absolute atomic E-state index is 0.0805. The molecule has 3 heterocycles. The van der Waals surface area contributed by atoms with Gasteiger partial charge in [-0.1, -0.05) is 12.1 Å². The topological polar surface area (TPSA) is 103 Å². The molecule has 0 unspecified atom stereocenters. The molecule has 7 nitrogen and oxygen atoms in total. The number of imidazole rings is 1. The fourth-order valence-corrected chi connectivity index (χ4v) is 4.18. The number of hydrogen-bond donors (Lipinski definition) is 2. The lowest BCUT2D eigenvalue weighted by atomic mass is 9.98. The Labute approximate surface area is 188 Å². The summed E-state index contributed by atoms with van der Waals surface area (Å²) in [7, 11) is 0. The zero-order valence-corrected chi connectivity index (χ0v) is 17.5. The average molecular weight is 446 g/mol. The van der Waals surface area contributed by atoms with Crippen LogP contribution in [0.25, 0.3) is 28.0 Å². The van der Waals surface area contributed by atoms with Gasteiger partial charge in [0.05, 0.1) is 16.8 Å². The van der Waals surface area contributed by atoms with E-state index >= 15 is 0 Å². The van der Waals surface area contributed by atoms with Gasteiger partial charge in [-0.3, -0.25) is 4.40 Å². The van der Waals surface area contributed by atoms with Gasteiger partial charge in [0.2, 0.25) is 5.95 Å². The van der Waals surface area contributed by atoms with Crippen LogP contribution in [0.5, 0.6) is 5.75 Å². The molecule has 1 fully saturated rings. The van der Waals surface area contributed by atoms with Gasteiger partial charge in [0.25, 0.3) is 0 Å². The lowest BCUT2D eigenvalue weighted by Gasteiger charge is -2.32. The van der Waals surface area contributed by atoms with E-state index in [0.29, 0.717) is 47.1 Å². The monoisotopic (exact) mass is 446 g/mol. The molecule has 4 aromatic rings. The molecule has 0 amide bonds. The van der Waals surface area contributed by atoms with E-state index in [1.807, 2.05) is 10.5 Å². The number of piperidine rings is 1. The number of benzene rings is 2. The SMILES string of the molecule is N#Cc1ccc(-c2nc(N3CCC(N)CC3)n3ccnc3c2-c2ccc(O)c(F)c2)cc1F. The van der Waals surface area contributed by atoms with Crippen LogP contribution in [0.3, 0.4) is 0 Å². The van der Waals surface area contributed by atoms with Crippen molar-refractivity contribution in [1.82, 2.24) is 14.4 Å². The fourth-order valence-electron chi connectivity index (χ4n) is 4.18. The summed E-state index contributed by atoms with van der Waals surface area (Å²) >= 11 is 0. The molecule has 0 bridgehead atoms. The van der Waals surface area contributed by atoms with E-state index in [1.165, 1.54) is 24.3 Å². The van der Waals surface area contributed by atoms with Crippen molar-refractivity contribution in [3.05, 3.63) is 66.0 Å². The molecule has 5 rings (SSSR count). The third-order valence-electron chi connectivity index (χ3n) is 5.95. The first-order valence-corrected chi connectivity index (χ1v) is 10.5. The summed E-state index contributed by atoms with van der Waals surface area (Å²) in [5.74, 6) is -1.31. The molecule has 1 aliphatic rings. The lowest BCUT2D eigenvalue weighted by molar-refractivity contribution is 0.432. The second-order valence-corrected chi connectivity index (χ2v) is 8.05. The van der Waals surface area contributed by atoms with Crippen molar-refractivity contribution >= 4 is 11.6 Å². The lowest BCUT2D eigenvalue weighted by Crippen LogP contribution is -2.40. The third-order valence-corrected chi connectivity index (χ3v) is 5.95. The van der Waals surface area contributed by atoms with Crippen LogP contribution < -0.4 is 10.6 Å². The maximum atomic E-state index is 14.6. The van der Waals surface area contributed by atoms with Crippen molar-refractivity contribution in [3.63, 3.8) is 0 Å². The molecule has 33 heavy (non-hydrogen) atoms. The summed E-state index contributed by atoms with van der Waals surface area (Å²) in [5.41, 5.74) is 8.24. The highest BCUT2D eigenvalue weighted by Crippen LogP contribution is 2.38. The van der Waals surface area contributed by atoms with Gasteiger partial charge in [0.1, 0.15) is 17.5 Å². The van der Waals surface area contributed by atoms with Crippen molar-refractivity contribution in [2.75, 3.05) is 18.0 Å². The predicted octanol–water partition coefficient (Wildman–Crippen LogP) is 3.85. The highest BCUT2D eigenvalue weighted by Gasteiger charge is 2.25. The number of phenols is 1. The molecule has 0 saturated carbocycles. The van der Waals surface area contributed by atoms with Crippen molar-refractivity contribution in [2.24, 2.45) is 5.73 Å². The average Bonchev–Trinajstić information content (AvgIpc) is 3.30. The maximum Gasteiger partial charge on any atom is 0.211 e. The van der Waals surface area contributed by atoms with E-state index in [0.717, 1.165) is 12.8 Å². The highest BCUT2D eigenvalue weighted by atomic mass is 19.1. The standard InChI is InChI=1S/C24H20F2N6O/c25-18-12-15(1-2-16(18)13-27)22-21(14-3-4-20(33)19(26)11-14)23-29-7-10-32(23)24(30-22)31-8-5-17(28)6-9-31/h1-4,7,10-12,17,33H,5-6,8-9,28H2. The number of fused-ring (bicyclic) bond motifs is 1. The highest BCUT2D eigenvalue weighted by molar-refractivity contribution is 5.91. The molecule has 0 aliphatic carbocycles. The Morgan fingerprint density at radius 3 is 2.48 bits per heavy atom. The van der Waals surface area contributed by atoms with Crippen LogP contribution in [0, 0.1) is 23.0 Å². The van der Waals surface area contributed by atoms with Crippen molar-refractivity contribution in [2.45, 2.75) is 18.9 Å². The largest absolute Gasteiger partial charge is 0.505 e. The smallest absolute Gasteiger partial charge is 0.211 e. The van der Waals surface area contributed by atoms with Crippen molar-refractivity contribution < 1.29 is 13.9 Å². The minimum atomic E-state index is -0.789. The first kappa shape index (κ1) is 20.8. The molecule has 0 radical (unpaired) electrons.